The number of aromatic nitrogens is 2. The van der Waals surface area contributed by atoms with Crippen LogP contribution in [-0.4, -0.2) is 21.5 Å². The number of hydrogen-bond acceptors (Lipinski definition) is 9. The van der Waals surface area contributed by atoms with Gasteiger partial charge in [0.1, 0.15) is 18.0 Å². The highest BCUT2D eigenvalue weighted by molar-refractivity contribution is 5.99. The number of fused-ring (bicyclic) bond motifs is 1. The smallest absolute Gasteiger partial charge is 0.123 e. The Morgan fingerprint density at radius 3 is 2.42 bits per heavy atom. The highest BCUT2D eigenvalue weighted by atomic mass is 19.1. The van der Waals surface area contributed by atoms with Crippen molar-refractivity contribution in [3.05, 3.63) is 107 Å². The summed E-state index contributed by atoms with van der Waals surface area (Å²) in [5.41, 5.74) is 11.8. The lowest BCUT2D eigenvalue weighted by Gasteiger charge is -2.27. The third kappa shape index (κ3) is 5.53. The minimum absolute atomic E-state index is 0.0431. The Labute approximate surface area is 250 Å². The number of nitrogens with one attached hydrogen (secondary N) is 4. The van der Waals surface area contributed by atoms with Crippen LogP contribution < -0.4 is 21.6 Å². The van der Waals surface area contributed by atoms with Crippen LogP contribution in [-0.2, 0) is 5.54 Å². The predicted molar refractivity (Wildman–Crippen MR) is 163 cm³/mol. The van der Waals surface area contributed by atoms with E-state index in [1.165, 1.54) is 23.9 Å². The minimum atomic E-state index is -0.423. The van der Waals surface area contributed by atoms with Crippen LogP contribution in [0.1, 0.15) is 61.9 Å². The Kier molecular flexibility index (Phi) is 7.09. The average molecular weight is 574 g/mol. The Balaban J connectivity index is 1.41. The summed E-state index contributed by atoms with van der Waals surface area (Å²) in [5, 5.41) is 29.7. The maximum Gasteiger partial charge on any atom is 0.123 e. The molecule has 43 heavy (non-hydrogen) atoms. The molecule has 3 heterocycles. The van der Waals surface area contributed by atoms with Crippen LogP contribution in [0.2, 0.25) is 0 Å². The molecule has 0 unspecified atom stereocenters. The zero-order chi connectivity index (χ0) is 30.2. The molecule has 1 aliphatic carbocycles. The first kappa shape index (κ1) is 28.0. The molecule has 1 fully saturated rings. The summed E-state index contributed by atoms with van der Waals surface area (Å²) in [7, 11) is 0. The van der Waals surface area contributed by atoms with Gasteiger partial charge in [0, 0.05) is 42.4 Å². The van der Waals surface area contributed by atoms with Crippen LogP contribution in [0.15, 0.2) is 79.0 Å². The van der Waals surface area contributed by atoms with Gasteiger partial charge in [-0.1, -0.05) is 32.9 Å². The Hall–Kier alpha value is -5.19. The van der Waals surface area contributed by atoms with Gasteiger partial charge in [-0.15, -0.1) is 5.53 Å². The second-order valence-electron chi connectivity index (χ2n) is 12.2. The topological polar surface area (TPSA) is 125 Å². The van der Waals surface area contributed by atoms with Crippen molar-refractivity contribution in [2.75, 3.05) is 17.2 Å². The number of nitrogens with zero attached hydrogens (tertiary/aromatic N) is 5. The number of halogens is 1. The van der Waals surface area contributed by atoms with Gasteiger partial charge in [0.15, 0.2) is 0 Å². The number of rotatable bonds is 8. The number of hydrogen-bond donors (Lipinski definition) is 4. The molecule has 0 radical (unpaired) electrons. The van der Waals surface area contributed by atoms with E-state index in [-0.39, 0.29) is 16.8 Å². The molecule has 2 aliphatic rings. The lowest BCUT2D eigenvalue weighted by Crippen LogP contribution is -2.43. The molecular weight excluding hydrogens is 541 g/mol. The van der Waals surface area contributed by atoms with Crippen LogP contribution in [0.25, 0.3) is 10.9 Å². The number of pyridine rings is 2. The van der Waals surface area contributed by atoms with Gasteiger partial charge in [-0.3, -0.25) is 15.0 Å². The molecule has 0 bridgehead atoms. The zero-order valence-corrected chi connectivity index (χ0v) is 24.2. The van der Waals surface area contributed by atoms with E-state index in [9.17, 15) is 14.9 Å². The quantitative estimate of drug-likeness (QED) is 0.201. The summed E-state index contributed by atoms with van der Waals surface area (Å²) in [4.78, 5) is 8.63. The number of hydrazine groups is 2. The second kappa shape index (κ2) is 10.9. The van der Waals surface area contributed by atoms with Gasteiger partial charge in [0.25, 0.3) is 0 Å². The lowest BCUT2D eigenvalue weighted by molar-refractivity contribution is 0.176. The lowest BCUT2D eigenvalue weighted by atomic mass is 9.96. The third-order valence-corrected chi connectivity index (χ3v) is 7.82. The maximum atomic E-state index is 14.0. The molecule has 216 valence electrons. The van der Waals surface area contributed by atoms with E-state index in [2.05, 4.69) is 69.5 Å². The zero-order valence-electron chi connectivity index (χ0n) is 24.2. The molecule has 6 rings (SSSR count). The summed E-state index contributed by atoms with van der Waals surface area (Å²) >= 11 is 0. The molecule has 1 saturated carbocycles. The fourth-order valence-electron chi connectivity index (χ4n) is 5.42. The molecule has 2 aromatic carbocycles. The predicted octanol–water partition coefficient (Wildman–Crippen LogP) is 5.98. The third-order valence-electron chi connectivity index (χ3n) is 7.82. The van der Waals surface area contributed by atoms with E-state index in [1.54, 1.807) is 30.6 Å². The van der Waals surface area contributed by atoms with Crippen molar-refractivity contribution in [2.24, 2.45) is 5.41 Å². The number of nitriles is 2. The van der Waals surface area contributed by atoms with Crippen LogP contribution in [0.5, 0.6) is 0 Å². The summed E-state index contributed by atoms with van der Waals surface area (Å²) in [5.74, 6) is -0.327. The van der Waals surface area contributed by atoms with Gasteiger partial charge >= 0.3 is 0 Å². The highest BCUT2D eigenvalue weighted by Gasteiger charge is 2.50. The molecule has 4 aromatic rings. The first-order chi connectivity index (χ1) is 20.7. The van der Waals surface area contributed by atoms with Gasteiger partial charge in [-0.05, 0) is 65.8 Å². The second-order valence-corrected chi connectivity index (χ2v) is 12.2. The Morgan fingerprint density at radius 2 is 1.77 bits per heavy atom. The Morgan fingerprint density at radius 1 is 1.05 bits per heavy atom. The van der Waals surface area contributed by atoms with Crippen molar-refractivity contribution < 1.29 is 4.39 Å². The van der Waals surface area contributed by atoms with Crippen molar-refractivity contribution >= 4 is 22.3 Å². The Bertz CT molecular complexity index is 1780. The molecule has 2 aromatic heterocycles. The molecule has 9 nitrogen and oxygen atoms in total. The molecular formula is C33H32FN9. The summed E-state index contributed by atoms with van der Waals surface area (Å²) in [6.07, 6.45) is 9.11. The highest BCUT2D eigenvalue weighted by Crippen LogP contribution is 2.51. The van der Waals surface area contributed by atoms with E-state index in [0.29, 0.717) is 39.9 Å². The molecule has 4 N–H and O–H groups in total. The molecule has 0 spiro atoms. The van der Waals surface area contributed by atoms with Gasteiger partial charge in [-0.2, -0.15) is 10.5 Å². The van der Waals surface area contributed by atoms with Crippen molar-refractivity contribution in [1.29, 1.82) is 10.5 Å². The van der Waals surface area contributed by atoms with Crippen LogP contribution in [0.4, 0.5) is 15.8 Å². The maximum absolute atomic E-state index is 14.0. The molecule has 1 atom stereocenters. The average Bonchev–Trinajstić information content (AvgIpc) is 3.68. The van der Waals surface area contributed by atoms with E-state index >= 15 is 0 Å². The minimum Gasteiger partial charge on any atom is -0.383 e. The fourth-order valence-corrected chi connectivity index (χ4v) is 5.42. The van der Waals surface area contributed by atoms with Crippen molar-refractivity contribution in [3.8, 4) is 12.1 Å². The summed E-state index contributed by atoms with van der Waals surface area (Å²) in [6, 6.07) is 18.2. The summed E-state index contributed by atoms with van der Waals surface area (Å²) < 4.78 is 14.0. The van der Waals surface area contributed by atoms with Crippen molar-refractivity contribution in [2.45, 2.75) is 45.2 Å². The van der Waals surface area contributed by atoms with E-state index < -0.39 is 6.04 Å². The van der Waals surface area contributed by atoms with Crippen molar-refractivity contribution in [3.63, 3.8) is 0 Å². The summed E-state index contributed by atoms with van der Waals surface area (Å²) in [6.45, 7) is 6.94. The van der Waals surface area contributed by atoms with Gasteiger partial charge < -0.3 is 16.1 Å². The van der Waals surface area contributed by atoms with E-state index in [1.807, 2.05) is 24.4 Å². The largest absolute Gasteiger partial charge is 0.383 e. The first-order valence-corrected chi connectivity index (χ1v) is 14.2. The number of benzene rings is 2. The van der Waals surface area contributed by atoms with E-state index in [0.717, 1.165) is 24.1 Å². The van der Waals surface area contributed by atoms with Crippen LogP contribution >= 0.6 is 0 Å². The first-order valence-electron chi connectivity index (χ1n) is 14.2. The van der Waals surface area contributed by atoms with Gasteiger partial charge in [-0.25, -0.2) is 4.39 Å². The molecule has 0 saturated heterocycles. The normalized spacial score (nSPS) is 16.0. The molecule has 1 aliphatic heterocycles. The van der Waals surface area contributed by atoms with E-state index in [4.69, 9.17) is 0 Å². The SMILES string of the molecule is CC(C)(C)CNc1c(C#N)cnc2c(C#N)cc(N[C@H](C3=CN(C4(c5ccncc5)CC4)NN3)c3ccc(F)cc3)cc12. The molecule has 10 heteroatoms. The monoisotopic (exact) mass is 573 g/mol. The number of anilines is 2. The molecule has 0 amide bonds. The van der Waals surface area contributed by atoms with Crippen molar-refractivity contribution in [1.82, 2.24) is 25.9 Å². The van der Waals surface area contributed by atoms with Gasteiger partial charge in [0.2, 0.25) is 0 Å². The standard InChI is InChI=1S/C33H32FN9/c1-32(2,3)20-39-30-23(17-36)18-38-29-22(16-35)14-26(15-27(29)30)40-31(21-4-6-25(34)7-5-21)28-19-43(42-41-28)33(10-11-33)24-8-12-37-13-9-24/h4-9,12-15,18-19,31,40-42H,10-11,20H2,1-3H3,(H,38,39)/t31-/m0/s1. The fraction of sp³-hybridized carbons (Fsp3) is 0.273. The van der Waals surface area contributed by atoms with Crippen LogP contribution in [0.3, 0.4) is 0 Å². The van der Waals surface area contributed by atoms with Crippen LogP contribution in [0, 0.1) is 33.9 Å². The van der Waals surface area contributed by atoms with Gasteiger partial charge in [0.05, 0.1) is 39.6 Å².